The molecule has 0 aromatic carbocycles. The third-order valence-electron chi connectivity index (χ3n) is 3.43. The standard InChI is InChI=1S/C11H16F4O6S/c12-10(13,11(14,15)22(18,19)20)5-6-21-9(17)7-1-3-8(16)4-2-7/h7-8,16H,1-6H2,(H,18,19,20)/p-1. The zero-order valence-corrected chi connectivity index (χ0v) is 12.1. The summed E-state index contributed by atoms with van der Waals surface area (Å²) in [6.45, 7) is -1.14. The van der Waals surface area contributed by atoms with Gasteiger partial charge in [-0.1, -0.05) is 0 Å². The number of halogens is 4. The van der Waals surface area contributed by atoms with Crippen molar-refractivity contribution in [3.8, 4) is 0 Å². The highest BCUT2D eigenvalue weighted by Gasteiger charge is 2.61. The van der Waals surface area contributed by atoms with Crippen molar-refractivity contribution >= 4 is 16.1 Å². The van der Waals surface area contributed by atoms with E-state index in [4.69, 9.17) is 0 Å². The number of ether oxygens (including phenoxy) is 1. The molecule has 1 rings (SSSR count). The molecule has 130 valence electrons. The van der Waals surface area contributed by atoms with Gasteiger partial charge >= 0.3 is 17.1 Å². The van der Waals surface area contributed by atoms with Crippen molar-refractivity contribution in [3.05, 3.63) is 0 Å². The summed E-state index contributed by atoms with van der Waals surface area (Å²) in [5, 5.41) is 3.46. The molecule has 0 aromatic heterocycles. The highest BCUT2D eigenvalue weighted by atomic mass is 32.2. The third kappa shape index (κ3) is 4.29. The average Bonchev–Trinajstić information content (AvgIpc) is 2.37. The third-order valence-corrected chi connectivity index (χ3v) is 4.36. The van der Waals surface area contributed by atoms with Crippen molar-refractivity contribution in [2.24, 2.45) is 5.92 Å². The van der Waals surface area contributed by atoms with E-state index in [9.17, 15) is 40.4 Å². The van der Waals surface area contributed by atoms with Gasteiger partial charge in [-0.3, -0.25) is 4.79 Å². The number of rotatable bonds is 6. The van der Waals surface area contributed by atoms with Crippen LogP contribution in [0.15, 0.2) is 0 Å². The Morgan fingerprint density at radius 3 is 2.14 bits per heavy atom. The van der Waals surface area contributed by atoms with Crippen molar-refractivity contribution in [2.75, 3.05) is 6.61 Å². The number of carbonyl (C=O) groups is 1. The van der Waals surface area contributed by atoms with Gasteiger partial charge in [0, 0.05) is 0 Å². The molecular weight excluding hydrogens is 336 g/mol. The van der Waals surface area contributed by atoms with E-state index in [2.05, 4.69) is 4.74 Å². The summed E-state index contributed by atoms with van der Waals surface area (Å²) in [7, 11) is -6.54. The molecule has 0 unspecified atom stereocenters. The zero-order chi connectivity index (χ0) is 17.2. The Bertz CT molecular complexity index is 499. The van der Waals surface area contributed by atoms with Crippen molar-refractivity contribution in [1.82, 2.24) is 0 Å². The molecule has 1 aliphatic carbocycles. The van der Waals surface area contributed by atoms with Crippen LogP contribution in [0.1, 0.15) is 32.1 Å². The maximum Gasteiger partial charge on any atom is 0.396 e. The lowest BCUT2D eigenvalue weighted by Crippen LogP contribution is -2.47. The molecule has 0 bridgehead atoms. The molecule has 1 aliphatic rings. The molecule has 6 nitrogen and oxygen atoms in total. The fourth-order valence-electron chi connectivity index (χ4n) is 2.04. The number of esters is 1. The first-order valence-electron chi connectivity index (χ1n) is 6.44. The predicted molar refractivity (Wildman–Crippen MR) is 63.1 cm³/mol. The maximum absolute atomic E-state index is 13.1. The Balaban J connectivity index is 2.51. The summed E-state index contributed by atoms with van der Waals surface area (Å²) in [5.74, 6) is -6.65. The maximum atomic E-state index is 13.1. The average molecular weight is 351 g/mol. The Kier molecular flexibility index (Phi) is 5.79. The molecule has 0 radical (unpaired) electrons. The zero-order valence-electron chi connectivity index (χ0n) is 11.3. The minimum atomic E-state index is -6.54. The van der Waals surface area contributed by atoms with E-state index < -0.39 is 52.3 Å². The van der Waals surface area contributed by atoms with Gasteiger partial charge in [-0.15, -0.1) is 0 Å². The molecule has 1 N–H and O–H groups in total. The van der Waals surface area contributed by atoms with Crippen LogP contribution in [0.5, 0.6) is 0 Å². The van der Waals surface area contributed by atoms with Crippen molar-refractivity contribution in [2.45, 2.75) is 49.4 Å². The van der Waals surface area contributed by atoms with Crippen LogP contribution in [0.3, 0.4) is 0 Å². The number of alkyl halides is 4. The van der Waals surface area contributed by atoms with E-state index in [-0.39, 0.29) is 12.8 Å². The van der Waals surface area contributed by atoms with Crippen LogP contribution < -0.4 is 0 Å². The molecule has 0 saturated heterocycles. The van der Waals surface area contributed by atoms with E-state index in [1.165, 1.54) is 0 Å². The van der Waals surface area contributed by atoms with Crippen molar-refractivity contribution in [3.63, 3.8) is 0 Å². The van der Waals surface area contributed by atoms with E-state index in [1.807, 2.05) is 0 Å². The summed E-state index contributed by atoms with van der Waals surface area (Å²) < 4.78 is 86.7. The predicted octanol–water partition coefficient (Wildman–Crippen LogP) is 1.24. The van der Waals surface area contributed by atoms with Crippen LogP contribution in [-0.4, -0.2) is 47.9 Å². The summed E-state index contributed by atoms with van der Waals surface area (Å²) in [4.78, 5) is 11.5. The summed E-state index contributed by atoms with van der Waals surface area (Å²) in [6.07, 6.45) is -1.11. The fraction of sp³-hybridized carbons (Fsp3) is 0.909. The molecule has 0 spiro atoms. The Hall–Kier alpha value is -0.940. The minimum Gasteiger partial charge on any atom is -0.743 e. The number of aliphatic hydroxyl groups excluding tert-OH is 1. The molecular formula is C11H15F4O6S-. The summed E-state index contributed by atoms with van der Waals surface area (Å²) in [6, 6.07) is 0. The van der Waals surface area contributed by atoms with Crippen LogP contribution in [0, 0.1) is 5.92 Å². The molecule has 22 heavy (non-hydrogen) atoms. The molecule has 11 heteroatoms. The first-order chi connectivity index (χ1) is 9.88. The van der Waals surface area contributed by atoms with Gasteiger partial charge in [-0.05, 0) is 25.7 Å². The van der Waals surface area contributed by atoms with E-state index in [0.29, 0.717) is 12.8 Å². The highest BCUT2D eigenvalue weighted by Crippen LogP contribution is 2.40. The second-order valence-electron chi connectivity index (χ2n) is 5.10. The lowest BCUT2D eigenvalue weighted by atomic mass is 9.87. The van der Waals surface area contributed by atoms with Gasteiger partial charge in [0.05, 0.1) is 25.0 Å². The van der Waals surface area contributed by atoms with Gasteiger partial charge in [0.15, 0.2) is 10.1 Å². The van der Waals surface area contributed by atoms with Gasteiger partial charge in [0.25, 0.3) is 0 Å². The number of hydrogen-bond donors (Lipinski definition) is 1. The minimum absolute atomic E-state index is 0.279. The van der Waals surface area contributed by atoms with Crippen molar-refractivity contribution < 1.29 is 45.2 Å². The Morgan fingerprint density at radius 2 is 1.68 bits per heavy atom. The van der Waals surface area contributed by atoms with Crippen LogP contribution in [-0.2, 0) is 19.6 Å². The quantitative estimate of drug-likeness (QED) is 0.439. The SMILES string of the molecule is O=C(OCCC(F)(F)C(F)(F)S(=O)(=O)[O-])C1CCC(O)CC1. The van der Waals surface area contributed by atoms with Gasteiger partial charge in [0.2, 0.25) is 0 Å². The molecule has 0 amide bonds. The topological polar surface area (TPSA) is 104 Å². The van der Waals surface area contributed by atoms with Crippen LogP contribution in [0.4, 0.5) is 17.6 Å². The molecule has 0 heterocycles. The number of carbonyl (C=O) groups excluding carboxylic acids is 1. The smallest absolute Gasteiger partial charge is 0.396 e. The largest absolute Gasteiger partial charge is 0.743 e. The van der Waals surface area contributed by atoms with E-state index in [0.717, 1.165) is 0 Å². The molecule has 1 saturated carbocycles. The number of hydrogen-bond acceptors (Lipinski definition) is 6. The lowest BCUT2D eigenvalue weighted by Gasteiger charge is -2.28. The van der Waals surface area contributed by atoms with Crippen LogP contribution in [0.2, 0.25) is 0 Å². The Morgan fingerprint density at radius 1 is 1.18 bits per heavy atom. The fourth-order valence-corrected chi connectivity index (χ4v) is 2.51. The normalized spacial score (nSPS) is 24.1. The van der Waals surface area contributed by atoms with Gasteiger partial charge in [0.1, 0.15) is 0 Å². The van der Waals surface area contributed by atoms with E-state index in [1.54, 1.807) is 0 Å². The van der Waals surface area contributed by atoms with Crippen LogP contribution >= 0.6 is 0 Å². The van der Waals surface area contributed by atoms with Gasteiger partial charge in [-0.2, -0.15) is 17.6 Å². The Labute approximate surface area is 124 Å². The van der Waals surface area contributed by atoms with Gasteiger partial charge < -0.3 is 14.4 Å². The van der Waals surface area contributed by atoms with Crippen molar-refractivity contribution in [1.29, 1.82) is 0 Å². The monoisotopic (exact) mass is 351 g/mol. The molecule has 1 fully saturated rings. The van der Waals surface area contributed by atoms with Gasteiger partial charge in [-0.25, -0.2) is 8.42 Å². The van der Waals surface area contributed by atoms with E-state index >= 15 is 0 Å². The summed E-state index contributed by atoms with van der Waals surface area (Å²) >= 11 is 0. The molecule has 0 atom stereocenters. The molecule has 0 aliphatic heterocycles. The lowest BCUT2D eigenvalue weighted by molar-refractivity contribution is -0.176. The second-order valence-corrected chi connectivity index (χ2v) is 6.52. The van der Waals surface area contributed by atoms with Crippen LogP contribution in [0.25, 0.3) is 0 Å². The summed E-state index contributed by atoms with van der Waals surface area (Å²) in [5.41, 5.74) is 0. The molecule has 0 aromatic rings. The second kappa shape index (κ2) is 6.67. The highest BCUT2D eigenvalue weighted by molar-refractivity contribution is 7.86. The first-order valence-corrected chi connectivity index (χ1v) is 7.85. The number of aliphatic hydroxyl groups is 1. The first kappa shape index (κ1) is 19.1.